The number of rotatable bonds is 0. The lowest BCUT2D eigenvalue weighted by Crippen LogP contribution is -2.26. The fourth-order valence-corrected chi connectivity index (χ4v) is 5.33. The van der Waals surface area contributed by atoms with Crippen molar-refractivity contribution in [3.8, 4) is 22.3 Å². The maximum atomic E-state index is 6.52. The summed E-state index contributed by atoms with van der Waals surface area (Å²) in [6.07, 6.45) is 0. The van der Waals surface area contributed by atoms with Crippen LogP contribution in [0.3, 0.4) is 0 Å². The molecule has 2 aliphatic carbocycles. The van der Waals surface area contributed by atoms with E-state index >= 15 is 0 Å². The van der Waals surface area contributed by atoms with Crippen molar-refractivity contribution in [2.45, 2.75) is 12.3 Å². The summed E-state index contributed by atoms with van der Waals surface area (Å²) in [7, 11) is 0. The van der Waals surface area contributed by atoms with E-state index in [1.54, 1.807) is 0 Å². The first-order valence-electron chi connectivity index (χ1n) is 9.43. The molecule has 0 unspecified atom stereocenters. The van der Waals surface area contributed by atoms with Crippen molar-refractivity contribution in [2.24, 2.45) is 0 Å². The molecule has 4 aromatic carbocycles. The highest BCUT2D eigenvalue weighted by atomic mass is 14.6. The second-order valence-electron chi connectivity index (χ2n) is 7.66. The Morgan fingerprint density at radius 1 is 0.593 bits per heavy atom. The lowest BCUT2D eigenvalue weighted by atomic mass is 9.70. The maximum Gasteiger partial charge on any atom is 0.0726 e. The third kappa shape index (κ3) is 1.61. The fraction of sp³-hybridized carbons (Fsp3) is 0.0769. The smallest absolute Gasteiger partial charge is 0.0726 e. The summed E-state index contributed by atoms with van der Waals surface area (Å²) < 4.78 is 0. The molecule has 6 rings (SSSR count). The topological polar surface area (TPSA) is 26.0 Å². The monoisotopic (exact) mass is 345 g/mol. The van der Waals surface area contributed by atoms with Gasteiger partial charge in [-0.1, -0.05) is 84.4 Å². The number of benzene rings is 4. The van der Waals surface area contributed by atoms with Crippen molar-refractivity contribution in [3.63, 3.8) is 0 Å². The molecule has 0 fully saturated rings. The maximum absolute atomic E-state index is 6.52. The van der Waals surface area contributed by atoms with Gasteiger partial charge < -0.3 is 5.73 Å². The summed E-state index contributed by atoms with van der Waals surface area (Å²) in [4.78, 5) is 0. The van der Waals surface area contributed by atoms with Crippen LogP contribution in [0.4, 0.5) is 5.69 Å². The zero-order chi connectivity index (χ0) is 18.2. The molecule has 2 N–H and O–H groups in total. The van der Waals surface area contributed by atoms with Gasteiger partial charge in [0.2, 0.25) is 0 Å². The molecule has 128 valence electrons. The van der Waals surface area contributed by atoms with Crippen LogP contribution in [0, 0.1) is 6.92 Å². The van der Waals surface area contributed by atoms with Crippen LogP contribution < -0.4 is 5.73 Å². The van der Waals surface area contributed by atoms with Gasteiger partial charge in [0.15, 0.2) is 0 Å². The highest BCUT2D eigenvalue weighted by molar-refractivity contribution is 5.98. The molecule has 0 aromatic heterocycles. The van der Waals surface area contributed by atoms with E-state index < -0.39 is 0 Å². The largest absolute Gasteiger partial charge is 0.398 e. The normalized spacial score (nSPS) is 14.6. The van der Waals surface area contributed by atoms with E-state index in [1.165, 1.54) is 50.1 Å². The SMILES string of the molecule is Cc1ccc2c(c1)C1(c3ccccc3-c3ccccc31)c1cccc(N)c1-2. The first kappa shape index (κ1) is 14.8. The van der Waals surface area contributed by atoms with Crippen LogP contribution in [0.25, 0.3) is 22.3 Å². The van der Waals surface area contributed by atoms with Gasteiger partial charge in [-0.3, -0.25) is 0 Å². The van der Waals surface area contributed by atoms with E-state index in [0.29, 0.717) is 0 Å². The summed E-state index contributed by atoms with van der Waals surface area (Å²) in [6, 6.07) is 30.9. The predicted octanol–water partition coefficient (Wildman–Crippen LogP) is 5.92. The summed E-state index contributed by atoms with van der Waals surface area (Å²) in [6.45, 7) is 2.17. The molecule has 1 nitrogen and oxygen atoms in total. The van der Waals surface area contributed by atoms with Gasteiger partial charge in [-0.05, 0) is 51.9 Å². The molecule has 0 saturated carbocycles. The van der Waals surface area contributed by atoms with E-state index in [9.17, 15) is 0 Å². The number of fused-ring (bicyclic) bond motifs is 10. The minimum Gasteiger partial charge on any atom is -0.398 e. The highest BCUT2D eigenvalue weighted by Crippen LogP contribution is 2.63. The van der Waals surface area contributed by atoms with Gasteiger partial charge >= 0.3 is 0 Å². The molecule has 4 aromatic rings. The van der Waals surface area contributed by atoms with Crippen LogP contribution in [0.2, 0.25) is 0 Å². The second-order valence-corrected chi connectivity index (χ2v) is 7.66. The van der Waals surface area contributed by atoms with E-state index in [1.807, 2.05) is 6.07 Å². The zero-order valence-corrected chi connectivity index (χ0v) is 15.2. The van der Waals surface area contributed by atoms with Gasteiger partial charge in [-0.25, -0.2) is 0 Å². The number of hydrogen-bond donors (Lipinski definition) is 1. The minimum atomic E-state index is -0.279. The average molecular weight is 345 g/mol. The Bertz CT molecular complexity index is 1200. The predicted molar refractivity (Wildman–Crippen MR) is 112 cm³/mol. The first-order valence-corrected chi connectivity index (χ1v) is 9.43. The standard InChI is InChI=1S/C26H19N/c1-16-13-14-19-23(15-16)26(22-11-6-12-24(27)25(19)22)20-9-4-2-7-17(20)18-8-3-5-10-21(18)26/h2-15H,27H2,1H3. The van der Waals surface area contributed by atoms with Crippen LogP contribution in [0.5, 0.6) is 0 Å². The molecule has 27 heavy (non-hydrogen) atoms. The van der Waals surface area contributed by atoms with E-state index in [4.69, 9.17) is 5.73 Å². The highest BCUT2D eigenvalue weighted by Gasteiger charge is 2.51. The summed E-state index contributed by atoms with van der Waals surface area (Å²) in [5.41, 5.74) is 18.9. The second kappa shape index (κ2) is 4.89. The molecule has 1 heteroatoms. The van der Waals surface area contributed by atoms with E-state index in [0.717, 1.165) is 5.69 Å². The molecule has 0 aliphatic heterocycles. The van der Waals surface area contributed by atoms with Crippen LogP contribution in [0.15, 0.2) is 84.9 Å². The number of hydrogen-bond acceptors (Lipinski definition) is 1. The lowest BCUT2D eigenvalue weighted by molar-refractivity contribution is 0.793. The van der Waals surface area contributed by atoms with Crippen molar-refractivity contribution in [1.29, 1.82) is 0 Å². The molecule has 0 radical (unpaired) electrons. The molecule has 0 atom stereocenters. The third-order valence-electron chi connectivity index (χ3n) is 6.30. The number of nitrogen functional groups attached to an aromatic ring is 1. The zero-order valence-electron chi connectivity index (χ0n) is 15.2. The molecule has 0 heterocycles. The fourth-order valence-electron chi connectivity index (χ4n) is 5.33. The quantitative estimate of drug-likeness (QED) is 0.340. The van der Waals surface area contributed by atoms with Crippen LogP contribution >= 0.6 is 0 Å². The van der Waals surface area contributed by atoms with E-state index in [2.05, 4.69) is 85.8 Å². The lowest BCUT2D eigenvalue weighted by Gasteiger charge is -2.30. The van der Waals surface area contributed by atoms with Gasteiger partial charge in [0, 0.05) is 11.3 Å². The Balaban J connectivity index is 1.89. The van der Waals surface area contributed by atoms with Gasteiger partial charge in [0.05, 0.1) is 5.41 Å². The molecule has 2 aliphatic rings. The van der Waals surface area contributed by atoms with Crippen molar-refractivity contribution in [3.05, 3.63) is 113 Å². The summed E-state index contributed by atoms with van der Waals surface area (Å²) in [5.74, 6) is 0. The molecular weight excluding hydrogens is 326 g/mol. The van der Waals surface area contributed by atoms with Crippen molar-refractivity contribution < 1.29 is 0 Å². The van der Waals surface area contributed by atoms with Crippen molar-refractivity contribution in [2.75, 3.05) is 5.73 Å². The third-order valence-corrected chi connectivity index (χ3v) is 6.30. The number of nitrogens with two attached hydrogens (primary N) is 1. The van der Waals surface area contributed by atoms with E-state index in [-0.39, 0.29) is 5.41 Å². The Morgan fingerprint density at radius 2 is 1.22 bits per heavy atom. The first-order chi connectivity index (χ1) is 13.2. The minimum absolute atomic E-state index is 0.279. The van der Waals surface area contributed by atoms with Gasteiger partial charge in [-0.2, -0.15) is 0 Å². The van der Waals surface area contributed by atoms with Crippen LogP contribution in [-0.4, -0.2) is 0 Å². The molecule has 0 saturated heterocycles. The van der Waals surface area contributed by atoms with Gasteiger partial charge in [-0.15, -0.1) is 0 Å². The van der Waals surface area contributed by atoms with Crippen molar-refractivity contribution >= 4 is 5.69 Å². The Hall–Kier alpha value is -3.32. The molecular formula is C26H19N. The van der Waals surface area contributed by atoms with Gasteiger partial charge in [0.25, 0.3) is 0 Å². The Morgan fingerprint density at radius 3 is 1.93 bits per heavy atom. The molecule has 0 bridgehead atoms. The number of aryl methyl sites for hydroxylation is 1. The van der Waals surface area contributed by atoms with Crippen molar-refractivity contribution in [1.82, 2.24) is 0 Å². The Kier molecular flexibility index (Phi) is 2.68. The average Bonchev–Trinajstić information content (AvgIpc) is 3.16. The Labute approximate surface area is 159 Å². The van der Waals surface area contributed by atoms with Gasteiger partial charge in [0.1, 0.15) is 0 Å². The van der Waals surface area contributed by atoms with Crippen LogP contribution in [-0.2, 0) is 5.41 Å². The number of anilines is 1. The molecule has 0 amide bonds. The summed E-state index contributed by atoms with van der Waals surface area (Å²) >= 11 is 0. The molecule has 1 spiro atoms. The van der Waals surface area contributed by atoms with Crippen LogP contribution in [0.1, 0.15) is 27.8 Å². The summed E-state index contributed by atoms with van der Waals surface area (Å²) in [5, 5.41) is 0.